The van der Waals surface area contributed by atoms with Crippen molar-refractivity contribution in [2.24, 2.45) is 0 Å². The van der Waals surface area contributed by atoms with Gasteiger partial charge in [-0.1, -0.05) is 35.9 Å². The lowest BCUT2D eigenvalue weighted by molar-refractivity contribution is 0.0933. The average molecular weight is 422 g/mol. The van der Waals surface area contributed by atoms with E-state index in [-0.39, 0.29) is 12.0 Å². The molecule has 0 bridgehead atoms. The lowest BCUT2D eigenvalue weighted by atomic mass is 10.0. The van der Waals surface area contributed by atoms with Gasteiger partial charge in [-0.2, -0.15) is 0 Å². The van der Waals surface area contributed by atoms with Gasteiger partial charge in [-0.3, -0.25) is 4.79 Å². The first-order chi connectivity index (χ1) is 14.3. The van der Waals surface area contributed by atoms with Crippen molar-refractivity contribution >= 4 is 15.7 Å². The predicted molar refractivity (Wildman–Crippen MR) is 117 cm³/mol. The van der Waals surface area contributed by atoms with Crippen LogP contribution in [-0.4, -0.2) is 33.2 Å². The number of carbonyl (C=O) groups excluding carboxylic acids is 1. The molecule has 1 N–H and O–H groups in total. The number of hydrogen-bond donors (Lipinski definition) is 1. The molecule has 1 unspecified atom stereocenters. The first-order valence-electron chi connectivity index (χ1n) is 9.74. The van der Waals surface area contributed by atoms with Crippen molar-refractivity contribution in [2.45, 2.75) is 24.3 Å². The van der Waals surface area contributed by atoms with Gasteiger partial charge in [0.1, 0.15) is 11.9 Å². The van der Waals surface area contributed by atoms with Crippen molar-refractivity contribution in [3.8, 4) is 16.9 Å². The third-order valence-electron chi connectivity index (χ3n) is 5.19. The van der Waals surface area contributed by atoms with Gasteiger partial charge in [0.2, 0.25) is 0 Å². The molecule has 154 valence electrons. The smallest absolute Gasteiger partial charge is 0.251 e. The number of aryl methyl sites for hydroxylation is 1. The number of fused-ring (bicyclic) bond motifs is 1. The number of hydrogen-bond acceptors (Lipinski definition) is 4. The van der Waals surface area contributed by atoms with Crippen LogP contribution in [0.15, 0.2) is 71.6 Å². The lowest BCUT2D eigenvalue weighted by Gasteiger charge is -2.12. The van der Waals surface area contributed by atoms with Crippen LogP contribution in [-0.2, 0) is 16.3 Å². The Morgan fingerprint density at radius 2 is 1.77 bits per heavy atom. The molecule has 30 heavy (non-hydrogen) atoms. The first-order valence-corrected chi connectivity index (χ1v) is 11.6. The summed E-state index contributed by atoms with van der Waals surface area (Å²) in [6.45, 7) is 2.39. The fraction of sp³-hybridized carbons (Fsp3) is 0.208. The minimum absolute atomic E-state index is 0.107. The normalized spacial score (nSPS) is 15.3. The second-order valence-corrected chi connectivity index (χ2v) is 9.66. The maximum absolute atomic E-state index is 12.4. The Kier molecular flexibility index (Phi) is 5.35. The highest BCUT2D eigenvalue weighted by Gasteiger charge is 2.24. The van der Waals surface area contributed by atoms with Crippen molar-refractivity contribution in [1.82, 2.24) is 5.32 Å². The second kappa shape index (κ2) is 7.95. The van der Waals surface area contributed by atoms with E-state index in [4.69, 9.17) is 4.74 Å². The number of rotatable bonds is 5. The molecule has 0 spiro atoms. The number of carbonyl (C=O) groups is 1. The highest BCUT2D eigenvalue weighted by molar-refractivity contribution is 7.90. The van der Waals surface area contributed by atoms with Crippen LogP contribution in [0.5, 0.6) is 5.75 Å². The molecular weight excluding hydrogens is 398 g/mol. The molecule has 5 nitrogen and oxygen atoms in total. The summed E-state index contributed by atoms with van der Waals surface area (Å²) < 4.78 is 29.3. The summed E-state index contributed by atoms with van der Waals surface area (Å²) in [5.41, 5.74) is 4.72. The van der Waals surface area contributed by atoms with Gasteiger partial charge in [-0.05, 0) is 60.0 Å². The van der Waals surface area contributed by atoms with Gasteiger partial charge in [0.15, 0.2) is 9.84 Å². The summed E-state index contributed by atoms with van der Waals surface area (Å²) in [6, 6.07) is 20.3. The van der Waals surface area contributed by atoms with Gasteiger partial charge in [-0.15, -0.1) is 0 Å². The van der Waals surface area contributed by atoms with Crippen LogP contribution >= 0.6 is 0 Å². The zero-order valence-corrected chi connectivity index (χ0v) is 17.7. The Labute approximate surface area is 176 Å². The quantitative estimate of drug-likeness (QED) is 0.680. The van der Waals surface area contributed by atoms with Crippen LogP contribution in [0.1, 0.15) is 21.5 Å². The molecule has 0 radical (unpaired) electrons. The molecule has 3 aromatic rings. The van der Waals surface area contributed by atoms with Crippen LogP contribution in [0.3, 0.4) is 0 Å². The van der Waals surface area contributed by atoms with Crippen LogP contribution in [0.4, 0.5) is 0 Å². The first kappa shape index (κ1) is 20.2. The number of amides is 1. The molecule has 1 aliphatic rings. The Bertz CT molecular complexity index is 1200. The van der Waals surface area contributed by atoms with E-state index in [1.54, 1.807) is 18.2 Å². The van der Waals surface area contributed by atoms with Crippen molar-refractivity contribution in [1.29, 1.82) is 0 Å². The Morgan fingerprint density at radius 1 is 1.03 bits per heavy atom. The molecule has 1 atom stereocenters. The monoisotopic (exact) mass is 421 g/mol. The maximum Gasteiger partial charge on any atom is 0.251 e. The van der Waals surface area contributed by atoms with E-state index in [1.165, 1.54) is 6.26 Å². The Morgan fingerprint density at radius 3 is 2.47 bits per heavy atom. The number of nitrogens with one attached hydrogen (secondary N) is 1. The Hall–Kier alpha value is -3.12. The predicted octanol–water partition coefficient (Wildman–Crippen LogP) is 3.80. The largest absolute Gasteiger partial charge is 0.488 e. The van der Waals surface area contributed by atoms with Crippen molar-refractivity contribution < 1.29 is 17.9 Å². The number of benzene rings is 3. The maximum atomic E-state index is 12.4. The highest BCUT2D eigenvalue weighted by Crippen LogP contribution is 2.33. The van der Waals surface area contributed by atoms with Crippen LogP contribution in [0, 0.1) is 6.92 Å². The van der Waals surface area contributed by atoms with Crippen molar-refractivity contribution in [3.05, 3.63) is 83.4 Å². The average Bonchev–Trinajstić information content (AvgIpc) is 3.13. The fourth-order valence-corrected chi connectivity index (χ4v) is 4.23. The SMILES string of the molecule is Cc1cccc(C(=O)NCC2Cc3cc(-c4ccc(S(C)(=O)=O)cc4)ccc3O2)c1. The minimum Gasteiger partial charge on any atom is -0.488 e. The zero-order valence-electron chi connectivity index (χ0n) is 16.9. The molecule has 0 aliphatic carbocycles. The molecule has 3 aromatic carbocycles. The molecule has 1 amide bonds. The van der Waals surface area contributed by atoms with E-state index >= 15 is 0 Å². The number of sulfone groups is 1. The molecular formula is C24H23NO4S. The van der Waals surface area contributed by atoms with E-state index in [1.807, 2.05) is 49.4 Å². The van der Waals surface area contributed by atoms with Crippen LogP contribution in [0.2, 0.25) is 0 Å². The lowest BCUT2D eigenvalue weighted by Crippen LogP contribution is -2.34. The van der Waals surface area contributed by atoms with Gasteiger partial charge in [0.05, 0.1) is 11.4 Å². The highest BCUT2D eigenvalue weighted by atomic mass is 32.2. The van der Waals surface area contributed by atoms with Gasteiger partial charge in [0.25, 0.3) is 5.91 Å². The Balaban J connectivity index is 1.42. The summed E-state index contributed by atoms with van der Waals surface area (Å²) in [5.74, 6) is 0.714. The molecule has 1 aliphatic heterocycles. The topological polar surface area (TPSA) is 72.5 Å². The van der Waals surface area contributed by atoms with Crippen molar-refractivity contribution in [3.63, 3.8) is 0 Å². The molecule has 4 rings (SSSR count). The standard InChI is InChI=1S/C24H23NO4S/c1-16-4-3-5-19(12-16)24(26)25-15-21-14-20-13-18(8-11-23(20)29-21)17-6-9-22(10-7-17)30(2,27)28/h3-13,21H,14-15H2,1-2H3,(H,25,26). The fourth-order valence-electron chi connectivity index (χ4n) is 3.60. The molecule has 0 fully saturated rings. The van der Waals surface area contributed by atoms with E-state index in [0.29, 0.717) is 23.4 Å². The zero-order chi connectivity index (χ0) is 21.3. The molecule has 6 heteroatoms. The van der Waals surface area contributed by atoms with Gasteiger partial charge < -0.3 is 10.1 Å². The molecule has 0 aromatic heterocycles. The summed E-state index contributed by atoms with van der Waals surface area (Å²) in [4.78, 5) is 12.7. The van der Waals surface area contributed by atoms with Gasteiger partial charge in [0, 0.05) is 18.2 Å². The van der Waals surface area contributed by atoms with Crippen LogP contribution < -0.4 is 10.1 Å². The van der Waals surface area contributed by atoms with E-state index in [2.05, 4.69) is 11.4 Å². The van der Waals surface area contributed by atoms with Crippen LogP contribution in [0.25, 0.3) is 11.1 Å². The van der Waals surface area contributed by atoms with Gasteiger partial charge in [-0.25, -0.2) is 8.42 Å². The summed E-state index contributed by atoms with van der Waals surface area (Å²) in [5, 5.41) is 2.95. The van der Waals surface area contributed by atoms with E-state index in [0.717, 1.165) is 28.0 Å². The van der Waals surface area contributed by atoms with Crippen molar-refractivity contribution in [2.75, 3.05) is 12.8 Å². The molecule has 0 saturated carbocycles. The third-order valence-corrected chi connectivity index (χ3v) is 6.32. The summed E-state index contributed by atoms with van der Waals surface area (Å²) in [6.07, 6.45) is 1.79. The number of ether oxygens (including phenoxy) is 1. The summed E-state index contributed by atoms with van der Waals surface area (Å²) in [7, 11) is -3.21. The summed E-state index contributed by atoms with van der Waals surface area (Å²) >= 11 is 0. The molecule has 0 saturated heterocycles. The second-order valence-electron chi connectivity index (χ2n) is 7.64. The van der Waals surface area contributed by atoms with Gasteiger partial charge >= 0.3 is 0 Å². The minimum atomic E-state index is -3.21. The third kappa shape index (κ3) is 4.39. The molecule has 1 heterocycles. The van der Waals surface area contributed by atoms with E-state index < -0.39 is 9.84 Å². The van der Waals surface area contributed by atoms with E-state index in [9.17, 15) is 13.2 Å².